The Labute approximate surface area is 114 Å². The molecule has 0 aliphatic heterocycles. The Balaban J connectivity index is 1.86. The lowest BCUT2D eigenvalue weighted by atomic mass is 10.1. The first-order valence-corrected chi connectivity index (χ1v) is 6.40. The summed E-state index contributed by atoms with van der Waals surface area (Å²) in [4.78, 5) is 0. The van der Waals surface area contributed by atoms with Gasteiger partial charge in [0.2, 0.25) is 0 Å². The first kappa shape index (κ1) is 13.4. The van der Waals surface area contributed by atoms with Gasteiger partial charge in [-0.15, -0.1) is 0 Å². The summed E-state index contributed by atoms with van der Waals surface area (Å²) in [6.45, 7) is 3.53. The minimum Gasteiger partial charge on any atom is -0.490 e. The lowest BCUT2D eigenvalue weighted by Gasteiger charge is -2.13. The van der Waals surface area contributed by atoms with Crippen LogP contribution in [0, 0.1) is 6.92 Å². The van der Waals surface area contributed by atoms with Gasteiger partial charge in [-0.1, -0.05) is 36.4 Å². The normalized spacial score (nSPS) is 10.2. The van der Waals surface area contributed by atoms with Crippen LogP contribution in [-0.4, -0.2) is 13.2 Å². The van der Waals surface area contributed by atoms with Crippen LogP contribution in [-0.2, 0) is 6.54 Å². The van der Waals surface area contributed by atoms with Gasteiger partial charge in [-0.05, 0) is 24.6 Å². The summed E-state index contributed by atoms with van der Waals surface area (Å²) in [6.07, 6.45) is 0. The molecule has 3 heteroatoms. The number of aryl methyl sites for hydroxylation is 1. The van der Waals surface area contributed by atoms with Crippen LogP contribution in [0.1, 0.15) is 11.1 Å². The highest BCUT2D eigenvalue weighted by Gasteiger charge is 2.05. The molecule has 3 nitrogen and oxygen atoms in total. The van der Waals surface area contributed by atoms with Gasteiger partial charge >= 0.3 is 0 Å². The molecule has 0 fully saturated rings. The molecule has 2 aromatic carbocycles. The second-order valence-electron chi connectivity index (χ2n) is 4.28. The third-order valence-electron chi connectivity index (χ3n) is 2.86. The van der Waals surface area contributed by atoms with Crippen LogP contribution in [0.4, 0.5) is 0 Å². The summed E-state index contributed by atoms with van der Waals surface area (Å²) in [5.41, 5.74) is 7.83. The topological polar surface area (TPSA) is 44.5 Å². The second-order valence-corrected chi connectivity index (χ2v) is 4.28. The highest BCUT2D eigenvalue weighted by Crippen LogP contribution is 2.22. The molecule has 0 unspecified atom stereocenters. The minimum absolute atomic E-state index is 0.483. The van der Waals surface area contributed by atoms with E-state index in [0.717, 1.165) is 22.6 Å². The van der Waals surface area contributed by atoms with Crippen molar-refractivity contribution in [3.8, 4) is 11.5 Å². The lowest BCUT2D eigenvalue weighted by Crippen LogP contribution is -2.11. The Kier molecular flexibility index (Phi) is 4.81. The van der Waals surface area contributed by atoms with Crippen molar-refractivity contribution in [2.75, 3.05) is 13.2 Å². The molecule has 0 bridgehead atoms. The maximum atomic E-state index is 5.78. The number of hydrogen-bond acceptors (Lipinski definition) is 3. The third kappa shape index (κ3) is 3.73. The Bertz CT molecular complexity index is 511. The van der Waals surface area contributed by atoms with Crippen molar-refractivity contribution in [1.29, 1.82) is 0 Å². The van der Waals surface area contributed by atoms with Crippen molar-refractivity contribution >= 4 is 0 Å². The van der Waals surface area contributed by atoms with Gasteiger partial charge in [0.1, 0.15) is 24.7 Å². The van der Waals surface area contributed by atoms with Gasteiger partial charge in [0.25, 0.3) is 0 Å². The highest BCUT2D eigenvalue weighted by molar-refractivity contribution is 5.40. The Morgan fingerprint density at radius 2 is 1.63 bits per heavy atom. The zero-order valence-corrected chi connectivity index (χ0v) is 11.1. The van der Waals surface area contributed by atoms with Gasteiger partial charge in [-0.25, -0.2) is 0 Å². The second kappa shape index (κ2) is 6.81. The number of nitrogens with two attached hydrogens (primary N) is 1. The average molecular weight is 257 g/mol. The van der Waals surface area contributed by atoms with Gasteiger partial charge in [0.15, 0.2) is 0 Å². The van der Waals surface area contributed by atoms with Crippen LogP contribution < -0.4 is 15.2 Å². The van der Waals surface area contributed by atoms with Gasteiger partial charge < -0.3 is 15.2 Å². The number of ether oxygens (including phenoxy) is 2. The molecule has 0 aromatic heterocycles. The molecule has 2 aromatic rings. The van der Waals surface area contributed by atoms with Gasteiger partial charge in [-0.3, -0.25) is 0 Å². The molecule has 0 spiro atoms. The third-order valence-corrected chi connectivity index (χ3v) is 2.86. The quantitative estimate of drug-likeness (QED) is 0.809. The van der Waals surface area contributed by atoms with E-state index in [1.165, 1.54) is 0 Å². The van der Waals surface area contributed by atoms with Crippen molar-refractivity contribution in [1.82, 2.24) is 0 Å². The van der Waals surface area contributed by atoms with E-state index in [1.54, 1.807) is 0 Å². The number of hydrogen-bond donors (Lipinski definition) is 1. The molecule has 0 aliphatic rings. The van der Waals surface area contributed by atoms with E-state index in [4.69, 9.17) is 15.2 Å². The minimum atomic E-state index is 0.483. The molecule has 19 heavy (non-hydrogen) atoms. The SMILES string of the molecule is Cc1cccc(CN)c1OCCOc1ccccc1. The van der Waals surface area contributed by atoms with Crippen LogP contribution >= 0.6 is 0 Å². The monoisotopic (exact) mass is 257 g/mol. The molecule has 2 N–H and O–H groups in total. The summed E-state index contributed by atoms with van der Waals surface area (Å²) >= 11 is 0. The van der Waals surface area contributed by atoms with Crippen molar-refractivity contribution in [2.24, 2.45) is 5.73 Å². The first-order valence-electron chi connectivity index (χ1n) is 6.40. The van der Waals surface area contributed by atoms with Crippen molar-refractivity contribution < 1.29 is 9.47 Å². The van der Waals surface area contributed by atoms with E-state index in [9.17, 15) is 0 Å². The summed E-state index contributed by atoms with van der Waals surface area (Å²) in [5, 5.41) is 0. The standard InChI is InChI=1S/C16H19NO2/c1-13-6-5-7-14(12-17)16(13)19-11-10-18-15-8-3-2-4-9-15/h2-9H,10-12,17H2,1H3. The Morgan fingerprint density at radius 3 is 2.37 bits per heavy atom. The summed E-state index contributed by atoms with van der Waals surface area (Å²) < 4.78 is 11.4. The van der Waals surface area contributed by atoms with Gasteiger partial charge in [-0.2, -0.15) is 0 Å². The molecule has 0 atom stereocenters. The Morgan fingerprint density at radius 1 is 0.895 bits per heavy atom. The highest BCUT2D eigenvalue weighted by atomic mass is 16.5. The predicted octanol–water partition coefficient (Wildman–Crippen LogP) is 2.91. The summed E-state index contributed by atoms with van der Waals surface area (Å²) in [6, 6.07) is 15.7. The smallest absolute Gasteiger partial charge is 0.126 e. The van der Waals surface area contributed by atoms with Gasteiger partial charge in [0, 0.05) is 12.1 Å². The van der Waals surface area contributed by atoms with Crippen LogP contribution in [0.3, 0.4) is 0 Å². The van der Waals surface area contributed by atoms with E-state index in [0.29, 0.717) is 19.8 Å². The van der Waals surface area contributed by atoms with E-state index in [-0.39, 0.29) is 0 Å². The maximum absolute atomic E-state index is 5.78. The van der Waals surface area contributed by atoms with E-state index < -0.39 is 0 Å². The molecular formula is C16H19NO2. The van der Waals surface area contributed by atoms with E-state index >= 15 is 0 Å². The molecular weight excluding hydrogens is 238 g/mol. The summed E-state index contributed by atoms with van der Waals surface area (Å²) in [7, 11) is 0. The fourth-order valence-corrected chi connectivity index (χ4v) is 1.90. The van der Waals surface area contributed by atoms with Crippen LogP contribution in [0.2, 0.25) is 0 Å². The van der Waals surface area contributed by atoms with Gasteiger partial charge in [0.05, 0.1) is 0 Å². The van der Waals surface area contributed by atoms with Crippen LogP contribution in [0.15, 0.2) is 48.5 Å². The largest absolute Gasteiger partial charge is 0.490 e. The molecule has 0 saturated carbocycles. The lowest BCUT2D eigenvalue weighted by molar-refractivity contribution is 0.215. The van der Waals surface area contributed by atoms with Crippen molar-refractivity contribution in [3.05, 3.63) is 59.7 Å². The number of rotatable bonds is 6. The molecule has 0 radical (unpaired) electrons. The molecule has 0 aliphatic carbocycles. The maximum Gasteiger partial charge on any atom is 0.126 e. The number of para-hydroxylation sites is 2. The first-order chi connectivity index (χ1) is 9.31. The van der Waals surface area contributed by atoms with Crippen LogP contribution in [0.5, 0.6) is 11.5 Å². The molecule has 0 heterocycles. The number of benzene rings is 2. The zero-order chi connectivity index (χ0) is 13.5. The van der Waals surface area contributed by atoms with E-state index in [1.807, 2.05) is 55.5 Å². The fourth-order valence-electron chi connectivity index (χ4n) is 1.90. The molecule has 0 saturated heterocycles. The van der Waals surface area contributed by atoms with Crippen molar-refractivity contribution in [3.63, 3.8) is 0 Å². The molecule has 100 valence electrons. The predicted molar refractivity (Wildman–Crippen MR) is 76.5 cm³/mol. The molecule has 2 rings (SSSR count). The molecule has 0 amide bonds. The van der Waals surface area contributed by atoms with E-state index in [2.05, 4.69) is 0 Å². The average Bonchev–Trinajstić information content (AvgIpc) is 2.46. The Hall–Kier alpha value is -2.00. The van der Waals surface area contributed by atoms with Crippen LogP contribution in [0.25, 0.3) is 0 Å². The summed E-state index contributed by atoms with van der Waals surface area (Å²) in [5.74, 6) is 1.73. The van der Waals surface area contributed by atoms with Crippen molar-refractivity contribution in [2.45, 2.75) is 13.5 Å². The zero-order valence-electron chi connectivity index (χ0n) is 11.1. The fraction of sp³-hybridized carbons (Fsp3) is 0.250.